The molecular weight excluding hydrogens is 382 g/mol. The van der Waals surface area contributed by atoms with Crippen LogP contribution < -0.4 is 5.32 Å². The van der Waals surface area contributed by atoms with Gasteiger partial charge in [-0.2, -0.15) is 11.3 Å². The maximum Gasteiger partial charge on any atom is 0.248 e. The molecular formula is C23H29N3O2S. The van der Waals surface area contributed by atoms with E-state index >= 15 is 0 Å². The van der Waals surface area contributed by atoms with E-state index in [2.05, 4.69) is 67.5 Å². The quantitative estimate of drug-likeness (QED) is 0.509. The summed E-state index contributed by atoms with van der Waals surface area (Å²) in [5.41, 5.74) is 3.38. The van der Waals surface area contributed by atoms with E-state index in [4.69, 9.17) is 4.42 Å². The molecule has 1 atom stereocenters. The van der Waals surface area contributed by atoms with Gasteiger partial charge in [-0.3, -0.25) is 4.79 Å². The summed E-state index contributed by atoms with van der Waals surface area (Å²) in [6.45, 7) is 8.69. The predicted molar refractivity (Wildman–Crippen MR) is 117 cm³/mol. The number of thiophene rings is 1. The molecule has 0 fully saturated rings. The number of carbonyl (C=O) groups is 1. The summed E-state index contributed by atoms with van der Waals surface area (Å²) in [7, 11) is 0. The highest BCUT2D eigenvalue weighted by Gasteiger charge is 2.19. The summed E-state index contributed by atoms with van der Waals surface area (Å²) in [5.74, 6) is 1.91. The monoisotopic (exact) mass is 411 g/mol. The molecule has 0 unspecified atom stereocenters. The molecule has 1 N–H and O–H groups in total. The van der Waals surface area contributed by atoms with Crippen molar-refractivity contribution in [1.82, 2.24) is 15.5 Å². The van der Waals surface area contributed by atoms with Gasteiger partial charge in [0.2, 0.25) is 17.7 Å². The third-order valence-electron chi connectivity index (χ3n) is 4.77. The Kier molecular flexibility index (Phi) is 7.20. The van der Waals surface area contributed by atoms with Gasteiger partial charge in [-0.25, -0.2) is 0 Å². The normalized spacial score (nSPS) is 12.5. The zero-order valence-electron chi connectivity index (χ0n) is 17.5. The van der Waals surface area contributed by atoms with Crippen molar-refractivity contribution in [2.24, 2.45) is 11.8 Å². The summed E-state index contributed by atoms with van der Waals surface area (Å²) in [4.78, 5) is 12.6. The molecule has 1 amide bonds. The molecule has 1 aromatic carbocycles. The molecule has 0 aliphatic heterocycles. The first kappa shape index (κ1) is 21.2. The van der Waals surface area contributed by atoms with Crippen LogP contribution in [0.2, 0.25) is 0 Å². The fraction of sp³-hybridized carbons (Fsp3) is 0.435. The highest BCUT2D eigenvalue weighted by atomic mass is 32.1. The van der Waals surface area contributed by atoms with Crippen LogP contribution in [-0.4, -0.2) is 16.1 Å². The van der Waals surface area contributed by atoms with E-state index in [9.17, 15) is 4.79 Å². The SMILES string of the molecule is CC(C)Cc1ccc([C@@H](NC(=O)CCc2nnc(-c3ccsc3)o2)C(C)C)cc1. The van der Waals surface area contributed by atoms with Crippen molar-refractivity contribution >= 4 is 17.2 Å². The number of aryl methyl sites for hydroxylation is 1. The van der Waals surface area contributed by atoms with Gasteiger partial charge < -0.3 is 9.73 Å². The number of aromatic nitrogens is 2. The molecule has 0 aliphatic carbocycles. The molecule has 6 heteroatoms. The summed E-state index contributed by atoms with van der Waals surface area (Å²) in [6.07, 6.45) is 1.82. The number of hydrogen-bond acceptors (Lipinski definition) is 5. The van der Waals surface area contributed by atoms with Crippen LogP contribution in [-0.2, 0) is 17.6 Å². The second kappa shape index (κ2) is 9.83. The Morgan fingerprint density at radius 3 is 2.48 bits per heavy atom. The smallest absolute Gasteiger partial charge is 0.248 e. The van der Waals surface area contributed by atoms with E-state index in [1.165, 1.54) is 5.56 Å². The molecule has 29 heavy (non-hydrogen) atoms. The molecule has 0 spiro atoms. The third kappa shape index (κ3) is 6.00. The highest BCUT2D eigenvalue weighted by molar-refractivity contribution is 7.08. The van der Waals surface area contributed by atoms with E-state index in [1.807, 2.05) is 16.8 Å². The fourth-order valence-corrected chi connectivity index (χ4v) is 3.92. The number of amides is 1. The van der Waals surface area contributed by atoms with Crippen LogP contribution >= 0.6 is 11.3 Å². The Balaban J connectivity index is 1.57. The Hall–Kier alpha value is -2.47. The van der Waals surface area contributed by atoms with Gasteiger partial charge in [0.15, 0.2) is 0 Å². The van der Waals surface area contributed by atoms with Gasteiger partial charge in [-0.1, -0.05) is 52.0 Å². The molecule has 3 aromatic rings. The first-order valence-corrected chi connectivity index (χ1v) is 11.1. The van der Waals surface area contributed by atoms with Crippen LogP contribution in [0.1, 0.15) is 57.2 Å². The van der Waals surface area contributed by atoms with Gasteiger partial charge in [0.05, 0.1) is 6.04 Å². The Morgan fingerprint density at radius 2 is 1.86 bits per heavy atom. The van der Waals surface area contributed by atoms with Crippen molar-refractivity contribution in [3.05, 3.63) is 58.1 Å². The van der Waals surface area contributed by atoms with Crippen LogP contribution in [0.4, 0.5) is 0 Å². The van der Waals surface area contributed by atoms with Crippen LogP contribution in [0.15, 0.2) is 45.5 Å². The lowest BCUT2D eigenvalue weighted by atomic mass is 9.93. The number of hydrogen-bond donors (Lipinski definition) is 1. The van der Waals surface area contributed by atoms with Crippen molar-refractivity contribution in [2.45, 2.75) is 53.0 Å². The fourth-order valence-electron chi connectivity index (χ4n) is 3.29. The second-order valence-electron chi connectivity index (χ2n) is 8.14. The maximum absolute atomic E-state index is 12.6. The van der Waals surface area contributed by atoms with Crippen LogP contribution in [0.5, 0.6) is 0 Å². The van der Waals surface area contributed by atoms with Gasteiger partial charge in [0, 0.05) is 23.8 Å². The van der Waals surface area contributed by atoms with Crippen molar-refractivity contribution < 1.29 is 9.21 Å². The Labute approximate surface area is 176 Å². The van der Waals surface area contributed by atoms with Gasteiger partial charge in [0.1, 0.15) is 0 Å². The van der Waals surface area contributed by atoms with E-state index in [-0.39, 0.29) is 11.9 Å². The Bertz CT molecular complexity index is 899. The van der Waals surface area contributed by atoms with Gasteiger partial charge in [-0.05, 0) is 40.8 Å². The zero-order chi connectivity index (χ0) is 20.8. The summed E-state index contributed by atoms with van der Waals surface area (Å²) in [5, 5.41) is 15.2. The number of nitrogens with one attached hydrogen (secondary N) is 1. The minimum absolute atomic E-state index is 0.00904. The molecule has 0 radical (unpaired) electrons. The molecule has 0 aliphatic rings. The molecule has 2 aromatic heterocycles. The van der Waals surface area contributed by atoms with Gasteiger partial charge in [0.25, 0.3) is 0 Å². The van der Waals surface area contributed by atoms with Crippen LogP contribution in [0, 0.1) is 11.8 Å². The van der Waals surface area contributed by atoms with Crippen molar-refractivity contribution in [3.8, 4) is 11.5 Å². The van der Waals surface area contributed by atoms with Gasteiger partial charge >= 0.3 is 0 Å². The number of carbonyl (C=O) groups excluding carboxylic acids is 1. The highest BCUT2D eigenvalue weighted by Crippen LogP contribution is 2.24. The average molecular weight is 412 g/mol. The molecule has 2 heterocycles. The minimum atomic E-state index is -0.0142. The molecule has 0 saturated carbocycles. The predicted octanol–water partition coefficient (Wildman–Crippen LogP) is 5.44. The average Bonchev–Trinajstić information content (AvgIpc) is 3.36. The lowest BCUT2D eigenvalue weighted by Gasteiger charge is -2.23. The number of rotatable bonds is 9. The van der Waals surface area contributed by atoms with Crippen molar-refractivity contribution in [3.63, 3.8) is 0 Å². The van der Waals surface area contributed by atoms with Gasteiger partial charge in [-0.15, -0.1) is 10.2 Å². The lowest BCUT2D eigenvalue weighted by molar-refractivity contribution is -0.122. The second-order valence-corrected chi connectivity index (χ2v) is 8.92. The van der Waals surface area contributed by atoms with Crippen LogP contribution in [0.25, 0.3) is 11.5 Å². The largest absolute Gasteiger partial charge is 0.421 e. The third-order valence-corrected chi connectivity index (χ3v) is 5.45. The molecule has 0 bridgehead atoms. The molecule has 3 rings (SSSR count). The van der Waals surface area contributed by atoms with Crippen molar-refractivity contribution in [2.75, 3.05) is 0 Å². The van der Waals surface area contributed by atoms with Crippen molar-refractivity contribution in [1.29, 1.82) is 0 Å². The molecule has 154 valence electrons. The van der Waals surface area contributed by atoms with E-state index < -0.39 is 0 Å². The summed E-state index contributed by atoms with van der Waals surface area (Å²) >= 11 is 1.58. The first-order valence-electron chi connectivity index (χ1n) is 10.2. The van der Waals surface area contributed by atoms with E-state index in [0.29, 0.717) is 36.5 Å². The van der Waals surface area contributed by atoms with E-state index in [0.717, 1.165) is 17.5 Å². The lowest BCUT2D eigenvalue weighted by Crippen LogP contribution is -2.31. The zero-order valence-corrected chi connectivity index (χ0v) is 18.3. The topological polar surface area (TPSA) is 68.0 Å². The minimum Gasteiger partial charge on any atom is -0.421 e. The summed E-state index contributed by atoms with van der Waals surface area (Å²) < 4.78 is 5.66. The number of nitrogens with zero attached hydrogens (tertiary/aromatic N) is 2. The first-order chi connectivity index (χ1) is 13.9. The van der Waals surface area contributed by atoms with Crippen LogP contribution in [0.3, 0.4) is 0 Å². The maximum atomic E-state index is 12.6. The number of benzene rings is 1. The summed E-state index contributed by atoms with van der Waals surface area (Å²) in [6, 6.07) is 10.5. The molecule has 5 nitrogen and oxygen atoms in total. The Morgan fingerprint density at radius 1 is 1.10 bits per heavy atom. The van der Waals surface area contributed by atoms with E-state index in [1.54, 1.807) is 11.3 Å². The standard InChI is InChI=1S/C23H29N3O2S/c1-15(2)13-17-5-7-18(8-6-17)22(16(3)4)24-20(27)9-10-21-25-26-23(28-21)19-11-12-29-14-19/h5-8,11-12,14-16,22H,9-10,13H2,1-4H3,(H,24,27)/t22-/m0/s1. The molecule has 0 saturated heterocycles.